The number of nitrogens with one attached hydrogen (secondary N) is 1. The number of alkyl carbamates (subject to hydrolysis) is 1. The van der Waals surface area contributed by atoms with Crippen molar-refractivity contribution in [2.45, 2.75) is 38.0 Å². The van der Waals surface area contributed by atoms with Gasteiger partial charge in [-0.1, -0.05) is 30.3 Å². The van der Waals surface area contributed by atoms with E-state index in [1.807, 2.05) is 36.6 Å². The fraction of sp³-hybridized carbons (Fsp3) is 0.500. The zero-order valence-electron chi connectivity index (χ0n) is 14.3. The number of amides is 2. The van der Waals surface area contributed by atoms with Crippen molar-refractivity contribution in [3.05, 3.63) is 35.9 Å². The Kier molecular flexibility index (Phi) is 7.61. The normalized spacial score (nSPS) is 17.6. The van der Waals surface area contributed by atoms with Crippen LogP contribution >= 0.6 is 11.8 Å². The van der Waals surface area contributed by atoms with Crippen LogP contribution in [0.3, 0.4) is 0 Å². The molecule has 1 aromatic carbocycles. The average Bonchev–Trinajstić information content (AvgIpc) is 3.12. The van der Waals surface area contributed by atoms with Crippen molar-refractivity contribution in [1.82, 2.24) is 10.2 Å². The van der Waals surface area contributed by atoms with E-state index in [9.17, 15) is 14.9 Å². The molecular formula is C18H23N3O3S. The monoisotopic (exact) mass is 361 g/mol. The highest BCUT2D eigenvalue weighted by Gasteiger charge is 2.33. The van der Waals surface area contributed by atoms with Crippen LogP contribution in [0.2, 0.25) is 0 Å². The highest BCUT2D eigenvalue weighted by atomic mass is 32.2. The van der Waals surface area contributed by atoms with E-state index in [0.29, 0.717) is 19.4 Å². The lowest BCUT2D eigenvalue weighted by atomic mass is 10.1. The molecule has 1 aliphatic rings. The molecule has 0 radical (unpaired) electrons. The molecule has 7 heteroatoms. The second kappa shape index (κ2) is 9.94. The first-order valence-corrected chi connectivity index (χ1v) is 9.71. The Bertz CT molecular complexity index is 618. The molecule has 1 saturated heterocycles. The molecule has 2 atom stereocenters. The molecule has 0 aliphatic carbocycles. The van der Waals surface area contributed by atoms with Gasteiger partial charge in [-0.05, 0) is 36.8 Å². The maximum atomic E-state index is 12.7. The summed E-state index contributed by atoms with van der Waals surface area (Å²) in [6, 6.07) is 10.5. The number of likely N-dealkylation sites (tertiary alicyclic amines) is 1. The number of hydrogen-bond acceptors (Lipinski definition) is 5. The second-order valence-corrected chi connectivity index (χ2v) is 6.84. The van der Waals surface area contributed by atoms with Crippen LogP contribution in [0, 0.1) is 11.3 Å². The number of carbonyl (C=O) groups excluding carboxylic acids is 2. The molecule has 6 nitrogen and oxygen atoms in total. The van der Waals surface area contributed by atoms with Gasteiger partial charge in [0.2, 0.25) is 5.91 Å². The van der Waals surface area contributed by atoms with Crippen LogP contribution in [0.1, 0.15) is 24.8 Å². The third-order valence-electron chi connectivity index (χ3n) is 4.10. The fourth-order valence-corrected chi connectivity index (χ4v) is 3.24. The van der Waals surface area contributed by atoms with Crippen molar-refractivity contribution in [3.8, 4) is 6.07 Å². The van der Waals surface area contributed by atoms with Crippen molar-refractivity contribution in [2.24, 2.45) is 0 Å². The molecule has 25 heavy (non-hydrogen) atoms. The van der Waals surface area contributed by atoms with E-state index < -0.39 is 18.2 Å². The molecule has 0 unspecified atom stereocenters. The first kappa shape index (κ1) is 19.1. The molecule has 1 N–H and O–H groups in total. The number of thioether (sulfide) groups is 1. The Morgan fingerprint density at radius 3 is 2.88 bits per heavy atom. The van der Waals surface area contributed by atoms with Gasteiger partial charge in [0.05, 0.1) is 6.07 Å². The van der Waals surface area contributed by atoms with Crippen LogP contribution in [0.4, 0.5) is 4.79 Å². The highest BCUT2D eigenvalue weighted by molar-refractivity contribution is 7.98. The van der Waals surface area contributed by atoms with Gasteiger partial charge in [-0.15, -0.1) is 0 Å². The molecule has 134 valence electrons. The van der Waals surface area contributed by atoms with Crippen LogP contribution in [0.25, 0.3) is 0 Å². The lowest BCUT2D eigenvalue weighted by Crippen LogP contribution is -2.50. The molecule has 0 aromatic heterocycles. The Morgan fingerprint density at radius 2 is 2.20 bits per heavy atom. The summed E-state index contributed by atoms with van der Waals surface area (Å²) < 4.78 is 5.21. The third-order valence-corrected chi connectivity index (χ3v) is 4.74. The molecule has 1 aromatic rings. The third kappa shape index (κ3) is 5.68. The Labute approximate surface area is 152 Å². The van der Waals surface area contributed by atoms with Gasteiger partial charge in [0.25, 0.3) is 0 Å². The average molecular weight is 361 g/mol. The summed E-state index contributed by atoms with van der Waals surface area (Å²) in [5.41, 5.74) is 0.883. The number of nitrogens with zero attached hydrogens (tertiary/aromatic N) is 2. The standard InChI is InChI=1S/C18H23N3O3S/c1-25-11-9-16(17(22)21-10-5-8-15(21)12-19)20-18(23)24-13-14-6-3-2-4-7-14/h2-4,6-7,15-16H,5,8-11,13H2,1H3,(H,20,23)/t15-,16-/m0/s1. The minimum absolute atomic E-state index is 0.153. The van der Waals surface area contributed by atoms with Crippen molar-refractivity contribution < 1.29 is 14.3 Å². The van der Waals surface area contributed by atoms with Gasteiger partial charge in [-0.2, -0.15) is 17.0 Å². The summed E-state index contributed by atoms with van der Waals surface area (Å²) in [7, 11) is 0. The molecule has 1 aliphatic heterocycles. The van der Waals surface area contributed by atoms with E-state index in [0.717, 1.165) is 17.7 Å². The molecule has 1 fully saturated rings. The Hall–Kier alpha value is -2.20. The SMILES string of the molecule is CSCC[C@H](NC(=O)OCc1ccccc1)C(=O)N1CCC[C@H]1C#N. The number of benzene rings is 1. The van der Waals surface area contributed by atoms with Gasteiger partial charge in [-0.3, -0.25) is 4.79 Å². The molecule has 2 amide bonds. The zero-order valence-corrected chi connectivity index (χ0v) is 15.1. The number of ether oxygens (including phenoxy) is 1. The smallest absolute Gasteiger partial charge is 0.408 e. The van der Waals surface area contributed by atoms with E-state index in [-0.39, 0.29) is 12.5 Å². The molecule has 1 heterocycles. The molecule has 2 rings (SSSR count). The minimum Gasteiger partial charge on any atom is -0.445 e. The number of nitriles is 1. The van der Waals surface area contributed by atoms with Crippen LogP contribution in [-0.4, -0.2) is 47.5 Å². The minimum atomic E-state index is -0.662. The maximum absolute atomic E-state index is 12.7. The Morgan fingerprint density at radius 1 is 1.44 bits per heavy atom. The topological polar surface area (TPSA) is 82.4 Å². The van der Waals surface area contributed by atoms with Gasteiger partial charge in [0.1, 0.15) is 18.7 Å². The van der Waals surface area contributed by atoms with Crippen molar-refractivity contribution in [2.75, 3.05) is 18.6 Å². The Balaban J connectivity index is 1.93. The van der Waals surface area contributed by atoms with Gasteiger partial charge in [0, 0.05) is 6.54 Å². The predicted molar refractivity (Wildman–Crippen MR) is 96.9 cm³/mol. The van der Waals surface area contributed by atoms with Gasteiger partial charge >= 0.3 is 6.09 Å². The van der Waals surface area contributed by atoms with E-state index in [4.69, 9.17) is 4.74 Å². The summed E-state index contributed by atoms with van der Waals surface area (Å²) in [5, 5.41) is 11.8. The quantitative estimate of drug-likeness (QED) is 0.807. The number of hydrogen-bond donors (Lipinski definition) is 1. The summed E-state index contributed by atoms with van der Waals surface area (Å²) in [6.45, 7) is 0.716. The lowest BCUT2D eigenvalue weighted by molar-refractivity contribution is -0.133. The number of carbonyl (C=O) groups is 2. The summed E-state index contributed by atoms with van der Waals surface area (Å²) >= 11 is 1.61. The number of rotatable bonds is 7. The first-order chi connectivity index (χ1) is 12.2. The summed E-state index contributed by atoms with van der Waals surface area (Å²) in [5.74, 6) is 0.537. The van der Waals surface area contributed by atoms with E-state index in [1.54, 1.807) is 16.7 Å². The first-order valence-electron chi connectivity index (χ1n) is 8.32. The second-order valence-electron chi connectivity index (χ2n) is 5.86. The fourth-order valence-electron chi connectivity index (χ4n) is 2.76. The predicted octanol–water partition coefficient (Wildman–Crippen LogP) is 2.55. The van der Waals surface area contributed by atoms with E-state index in [1.165, 1.54) is 0 Å². The van der Waals surface area contributed by atoms with Crippen molar-refractivity contribution in [1.29, 1.82) is 5.26 Å². The van der Waals surface area contributed by atoms with Crippen LogP contribution < -0.4 is 5.32 Å². The van der Waals surface area contributed by atoms with E-state index in [2.05, 4.69) is 11.4 Å². The maximum Gasteiger partial charge on any atom is 0.408 e. The van der Waals surface area contributed by atoms with Gasteiger partial charge in [0.15, 0.2) is 0 Å². The van der Waals surface area contributed by atoms with Crippen molar-refractivity contribution in [3.63, 3.8) is 0 Å². The molecule has 0 bridgehead atoms. The van der Waals surface area contributed by atoms with E-state index >= 15 is 0 Å². The summed E-state index contributed by atoms with van der Waals surface area (Å²) in [4.78, 5) is 26.4. The van der Waals surface area contributed by atoms with Crippen LogP contribution in [0.15, 0.2) is 30.3 Å². The van der Waals surface area contributed by atoms with Gasteiger partial charge in [-0.25, -0.2) is 4.79 Å². The van der Waals surface area contributed by atoms with Crippen molar-refractivity contribution >= 4 is 23.8 Å². The molecular weight excluding hydrogens is 338 g/mol. The highest BCUT2D eigenvalue weighted by Crippen LogP contribution is 2.18. The van der Waals surface area contributed by atoms with Crippen LogP contribution in [0.5, 0.6) is 0 Å². The van der Waals surface area contributed by atoms with Gasteiger partial charge < -0.3 is 15.0 Å². The molecule has 0 spiro atoms. The zero-order chi connectivity index (χ0) is 18.1. The molecule has 0 saturated carbocycles. The van der Waals surface area contributed by atoms with Crippen LogP contribution in [-0.2, 0) is 16.1 Å². The lowest BCUT2D eigenvalue weighted by Gasteiger charge is -2.26. The summed E-state index contributed by atoms with van der Waals surface area (Å²) in [6.07, 6.45) is 3.35. The largest absolute Gasteiger partial charge is 0.445 e.